The van der Waals surface area contributed by atoms with E-state index in [0.717, 1.165) is 22.8 Å². The summed E-state index contributed by atoms with van der Waals surface area (Å²) in [5.41, 5.74) is -5.01. The highest BCUT2D eigenvalue weighted by molar-refractivity contribution is 6.32. The van der Waals surface area contributed by atoms with E-state index in [2.05, 4.69) is 4.98 Å². The molecule has 0 aliphatic carbocycles. The molecular weight excluding hydrogens is 825 g/mol. The van der Waals surface area contributed by atoms with Crippen molar-refractivity contribution < 1.29 is 59.6 Å². The number of alkyl halides is 5. The molecule has 60 heavy (non-hydrogen) atoms. The largest absolute Gasteiger partial charge is 0.497 e. The van der Waals surface area contributed by atoms with E-state index in [-0.39, 0.29) is 31.7 Å². The fourth-order valence-electron chi connectivity index (χ4n) is 7.80. The van der Waals surface area contributed by atoms with E-state index in [1.807, 2.05) is 0 Å². The molecule has 2 fully saturated rings. The Morgan fingerprint density at radius 3 is 1.98 bits per heavy atom. The van der Waals surface area contributed by atoms with Crippen LogP contribution in [-0.4, -0.2) is 88.9 Å². The van der Waals surface area contributed by atoms with Gasteiger partial charge < -0.3 is 34.0 Å². The molecule has 1 aromatic heterocycles. The number of amides is 2. The molecule has 1 N–H and O–H groups in total. The first-order chi connectivity index (χ1) is 28.1. The van der Waals surface area contributed by atoms with Crippen molar-refractivity contribution >= 4 is 29.3 Å². The van der Waals surface area contributed by atoms with E-state index in [1.54, 1.807) is 69.3 Å². The maximum atomic E-state index is 16.4. The second-order valence-corrected chi connectivity index (χ2v) is 15.9. The Labute approximate surface area is 346 Å². The molecule has 2 aliphatic rings. The van der Waals surface area contributed by atoms with Crippen molar-refractivity contribution in [2.24, 2.45) is 0 Å². The molecule has 0 spiro atoms. The van der Waals surface area contributed by atoms with E-state index < -0.39 is 99.2 Å². The highest BCUT2D eigenvalue weighted by Crippen LogP contribution is 2.45. The number of fused-ring (bicyclic) bond motifs is 2. The molecule has 2 bridgehead atoms. The lowest BCUT2D eigenvalue weighted by molar-refractivity contribution is -0.137. The van der Waals surface area contributed by atoms with Gasteiger partial charge in [-0.05, 0) is 87.2 Å². The summed E-state index contributed by atoms with van der Waals surface area (Å²) in [6.45, 7) is 5.45. The molecule has 10 nitrogen and oxygen atoms in total. The van der Waals surface area contributed by atoms with Gasteiger partial charge in [0, 0.05) is 25.2 Å². The second kappa shape index (κ2) is 17.0. The summed E-state index contributed by atoms with van der Waals surface area (Å²) >= 11 is 6.47. The van der Waals surface area contributed by atoms with Crippen molar-refractivity contribution in [3.05, 3.63) is 105 Å². The van der Waals surface area contributed by atoms with E-state index in [9.17, 15) is 36.6 Å². The first kappa shape index (κ1) is 44.3. The highest BCUT2D eigenvalue weighted by Gasteiger charge is 2.58. The van der Waals surface area contributed by atoms with Crippen LogP contribution in [0.3, 0.4) is 0 Å². The van der Waals surface area contributed by atoms with Gasteiger partial charge in [-0.2, -0.15) is 13.2 Å². The molecule has 322 valence electrons. The van der Waals surface area contributed by atoms with Crippen LogP contribution in [0.2, 0.25) is 5.15 Å². The van der Waals surface area contributed by atoms with Gasteiger partial charge in [0.05, 0.1) is 49.2 Å². The number of ether oxygens (including phenoxy) is 3. The molecular formula is C42H42ClF7N4O6. The van der Waals surface area contributed by atoms with Gasteiger partial charge in [-0.15, -0.1) is 0 Å². The van der Waals surface area contributed by atoms with Crippen molar-refractivity contribution in [2.75, 3.05) is 25.7 Å². The Kier molecular flexibility index (Phi) is 12.5. The van der Waals surface area contributed by atoms with Gasteiger partial charge in [0.15, 0.2) is 0 Å². The first-order valence-electron chi connectivity index (χ1n) is 18.7. The SMILES string of the molecule is COc1ccc(CN(Cc2ccc(OC)cc2)c2cc(-c3nc(Cl)c(C(=O)N4C(C(O)C(F)F)[C@@H]5C[C@H]4CN5C(=O)OC(C)(C)C)cc3F)c(C(F)(F)F)c(C)c2F)cc1. The van der Waals surface area contributed by atoms with E-state index in [0.29, 0.717) is 28.7 Å². The number of aliphatic hydroxyl groups is 1. The van der Waals surface area contributed by atoms with E-state index in [1.165, 1.54) is 19.1 Å². The summed E-state index contributed by atoms with van der Waals surface area (Å²) < 4.78 is 121. The van der Waals surface area contributed by atoms with Crippen LogP contribution >= 0.6 is 11.6 Å². The van der Waals surface area contributed by atoms with Crippen LogP contribution in [0.5, 0.6) is 11.5 Å². The van der Waals surface area contributed by atoms with Crippen molar-refractivity contribution in [3.8, 4) is 22.8 Å². The number of pyridine rings is 1. The zero-order valence-electron chi connectivity index (χ0n) is 33.3. The average Bonchev–Trinajstić information content (AvgIpc) is 3.78. The van der Waals surface area contributed by atoms with Crippen molar-refractivity contribution in [3.63, 3.8) is 0 Å². The standard InChI is InChI=1S/C42H42ClF7N4O6/c1-21-32(42(48,49)50)27(17-30(33(21)45)52(18-22-7-11-25(58-5)12-8-22)19-23-9-13-26(59-6)14-10-23)34-29(44)16-28(37(43)51-34)39(56)54-24-15-31(35(54)36(55)38(46)47)53(20-24)40(57)60-41(2,3)4/h7-14,16-17,24,31,35-36,38,55H,15,18-20H2,1-6H3/t24-,31-,35?,36?/m0/s1. The number of nitrogens with zero attached hydrogens (tertiary/aromatic N) is 4. The summed E-state index contributed by atoms with van der Waals surface area (Å²) in [4.78, 5) is 34.5. The number of rotatable bonds is 11. The molecule has 0 radical (unpaired) electrons. The van der Waals surface area contributed by atoms with Gasteiger partial charge >= 0.3 is 12.3 Å². The number of benzene rings is 3. The summed E-state index contributed by atoms with van der Waals surface area (Å²) in [7, 11) is 2.95. The predicted octanol–water partition coefficient (Wildman–Crippen LogP) is 9.06. The van der Waals surface area contributed by atoms with Crippen LogP contribution in [0.1, 0.15) is 59.8 Å². The smallest absolute Gasteiger partial charge is 0.417 e. The molecule has 4 atom stereocenters. The average molecular weight is 867 g/mol. The zero-order valence-corrected chi connectivity index (χ0v) is 34.0. The van der Waals surface area contributed by atoms with Gasteiger partial charge in [0.2, 0.25) is 0 Å². The summed E-state index contributed by atoms with van der Waals surface area (Å²) in [6.07, 6.45) is -12.0. The number of aromatic nitrogens is 1. The van der Waals surface area contributed by atoms with Crippen LogP contribution < -0.4 is 14.4 Å². The third kappa shape index (κ3) is 8.92. The maximum Gasteiger partial charge on any atom is 0.417 e. The molecule has 2 amide bonds. The molecule has 18 heteroatoms. The van der Waals surface area contributed by atoms with Crippen molar-refractivity contribution in [1.82, 2.24) is 14.8 Å². The quantitative estimate of drug-likeness (QED) is 0.118. The molecule has 6 rings (SSSR count). The highest BCUT2D eigenvalue weighted by atomic mass is 35.5. The molecule has 2 unspecified atom stereocenters. The lowest BCUT2D eigenvalue weighted by atomic mass is 9.95. The number of hydrogen-bond donors (Lipinski definition) is 1. The molecule has 0 saturated carbocycles. The molecule has 3 aromatic carbocycles. The summed E-state index contributed by atoms with van der Waals surface area (Å²) in [6, 6.07) is 11.0. The Balaban J connectivity index is 1.42. The van der Waals surface area contributed by atoms with Crippen LogP contribution in [-0.2, 0) is 24.0 Å². The van der Waals surface area contributed by atoms with Crippen LogP contribution in [0.25, 0.3) is 11.3 Å². The summed E-state index contributed by atoms with van der Waals surface area (Å²) in [5.74, 6) is -2.80. The number of methoxy groups -OCH3 is 2. The second-order valence-electron chi connectivity index (χ2n) is 15.6. The number of anilines is 1. The number of carbonyl (C=O) groups is 2. The monoisotopic (exact) mass is 866 g/mol. The van der Waals surface area contributed by atoms with Gasteiger partial charge in [0.1, 0.15) is 45.7 Å². The fourth-order valence-corrected chi connectivity index (χ4v) is 8.02. The number of likely N-dealkylation sites (tertiary alicyclic amines) is 2. The molecule has 2 aliphatic heterocycles. The molecule has 3 heterocycles. The molecule has 2 saturated heterocycles. The van der Waals surface area contributed by atoms with Gasteiger partial charge in [-0.25, -0.2) is 27.3 Å². The topological polar surface area (TPSA) is 105 Å². The third-order valence-electron chi connectivity index (χ3n) is 10.5. The Bertz CT molecular complexity index is 2190. The van der Waals surface area contributed by atoms with Crippen molar-refractivity contribution in [1.29, 1.82) is 0 Å². The van der Waals surface area contributed by atoms with E-state index in [4.69, 9.17) is 25.8 Å². The van der Waals surface area contributed by atoms with Gasteiger partial charge in [0.25, 0.3) is 12.3 Å². The Morgan fingerprint density at radius 1 is 0.950 bits per heavy atom. The number of piperazine rings is 1. The number of halogens is 8. The first-order valence-corrected chi connectivity index (χ1v) is 19.1. The maximum absolute atomic E-state index is 16.4. The predicted molar refractivity (Wildman–Crippen MR) is 207 cm³/mol. The lowest BCUT2D eigenvalue weighted by Crippen LogP contribution is -2.62. The van der Waals surface area contributed by atoms with Crippen LogP contribution in [0, 0.1) is 18.6 Å². The van der Waals surface area contributed by atoms with E-state index >= 15 is 8.78 Å². The number of aliphatic hydroxyl groups excluding tert-OH is 1. The minimum atomic E-state index is -5.24. The minimum absolute atomic E-state index is 0.0315. The minimum Gasteiger partial charge on any atom is -0.497 e. The fraction of sp³-hybridized carbons (Fsp3) is 0.405. The van der Waals surface area contributed by atoms with Crippen molar-refractivity contribution in [2.45, 2.75) is 89.6 Å². The lowest BCUT2D eigenvalue weighted by Gasteiger charge is -2.42. The Hall–Kier alpha value is -5.29. The number of carbonyl (C=O) groups excluding carboxylic acids is 2. The van der Waals surface area contributed by atoms with Crippen LogP contribution in [0.15, 0.2) is 60.7 Å². The van der Waals surface area contributed by atoms with Gasteiger partial charge in [-0.3, -0.25) is 4.79 Å². The zero-order chi connectivity index (χ0) is 44.0. The van der Waals surface area contributed by atoms with Gasteiger partial charge in [-0.1, -0.05) is 35.9 Å². The summed E-state index contributed by atoms with van der Waals surface area (Å²) in [5, 5.41) is 9.83. The third-order valence-corrected chi connectivity index (χ3v) is 10.8. The molecule has 4 aromatic rings. The van der Waals surface area contributed by atoms with Crippen LogP contribution in [0.4, 0.5) is 41.2 Å². The Morgan fingerprint density at radius 2 is 1.50 bits per heavy atom. The normalized spacial score (nSPS) is 18.2. The number of hydrogen-bond acceptors (Lipinski definition) is 8.